The lowest BCUT2D eigenvalue weighted by atomic mass is 9.99. The van der Waals surface area contributed by atoms with Gasteiger partial charge in [-0.1, -0.05) is 12.1 Å². The number of carbonyl (C=O) groups is 1. The molecule has 1 aromatic carbocycles. The number of hydrogen-bond donors (Lipinski definition) is 2. The van der Waals surface area contributed by atoms with E-state index in [0.717, 1.165) is 55.0 Å². The smallest absolute Gasteiger partial charge is 0.251 e. The molecular weight excluding hydrogens is 338 g/mol. The fraction of sp³-hybridized carbons (Fsp3) is 0.455. The Labute approximate surface area is 161 Å². The summed E-state index contributed by atoms with van der Waals surface area (Å²) in [5.41, 5.74) is 4.73. The first-order valence-electron chi connectivity index (χ1n) is 9.72. The molecule has 0 saturated carbocycles. The summed E-state index contributed by atoms with van der Waals surface area (Å²) >= 11 is 0. The molecule has 0 aliphatic carbocycles. The summed E-state index contributed by atoms with van der Waals surface area (Å²) in [6.45, 7) is 7.62. The number of aliphatic hydroxyl groups excluding tert-OH is 1. The van der Waals surface area contributed by atoms with E-state index < -0.39 is 0 Å². The van der Waals surface area contributed by atoms with Gasteiger partial charge in [-0.3, -0.25) is 9.78 Å². The van der Waals surface area contributed by atoms with Gasteiger partial charge in [-0.25, -0.2) is 0 Å². The van der Waals surface area contributed by atoms with Crippen LogP contribution >= 0.6 is 0 Å². The number of piperidine rings is 1. The second-order valence-electron chi connectivity index (χ2n) is 7.47. The molecule has 144 valence electrons. The number of aryl methyl sites for hydroxylation is 2. The maximum atomic E-state index is 12.5. The number of likely N-dealkylation sites (tertiary alicyclic amines) is 1. The summed E-state index contributed by atoms with van der Waals surface area (Å²) in [6, 6.07) is 11.8. The predicted molar refractivity (Wildman–Crippen MR) is 108 cm³/mol. The topological polar surface area (TPSA) is 65.5 Å². The quantitative estimate of drug-likeness (QED) is 0.824. The van der Waals surface area contributed by atoms with Crippen LogP contribution in [0.1, 0.15) is 34.6 Å². The molecule has 1 amide bonds. The van der Waals surface area contributed by atoms with Crippen LogP contribution in [0.3, 0.4) is 0 Å². The van der Waals surface area contributed by atoms with Crippen molar-refractivity contribution in [3.63, 3.8) is 0 Å². The Morgan fingerprint density at radius 3 is 2.74 bits per heavy atom. The number of benzene rings is 1. The molecule has 1 aliphatic rings. The number of pyridine rings is 1. The molecule has 1 aliphatic heterocycles. The van der Waals surface area contributed by atoms with Crippen molar-refractivity contribution in [1.29, 1.82) is 0 Å². The number of amides is 1. The monoisotopic (exact) mass is 367 g/mol. The molecule has 0 unspecified atom stereocenters. The Bertz CT molecular complexity index is 771. The molecule has 2 heterocycles. The first-order chi connectivity index (χ1) is 13.0. The molecule has 2 aromatic rings. The maximum absolute atomic E-state index is 12.5. The van der Waals surface area contributed by atoms with E-state index in [0.29, 0.717) is 18.0 Å². The van der Waals surface area contributed by atoms with Gasteiger partial charge < -0.3 is 15.3 Å². The Balaban J connectivity index is 1.59. The molecule has 2 N–H and O–H groups in total. The highest BCUT2D eigenvalue weighted by molar-refractivity contribution is 5.95. The van der Waals surface area contributed by atoms with Gasteiger partial charge in [-0.15, -0.1) is 0 Å². The molecule has 5 nitrogen and oxygen atoms in total. The molecule has 1 saturated heterocycles. The molecule has 5 heteroatoms. The zero-order chi connectivity index (χ0) is 19.2. The predicted octanol–water partition coefficient (Wildman–Crippen LogP) is 2.80. The SMILES string of the molecule is Cc1cc(-c2cccc(C(=O)NCCN3CCC[C@H](CO)C3)c2)cc(C)n1. The zero-order valence-electron chi connectivity index (χ0n) is 16.2. The van der Waals surface area contributed by atoms with Crippen LogP contribution in [0.15, 0.2) is 36.4 Å². The molecule has 27 heavy (non-hydrogen) atoms. The van der Waals surface area contributed by atoms with E-state index >= 15 is 0 Å². The van der Waals surface area contributed by atoms with Crippen molar-refractivity contribution in [1.82, 2.24) is 15.2 Å². The lowest BCUT2D eigenvalue weighted by molar-refractivity contribution is 0.0930. The average Bonchev–Trinajstić information content (AvgIpc) is 2.67. The molecule has 1 atom stereocenters. The number of aromatic nitrogens is 1. The third kappa shape index (κ3) is 5.37. The van der Waals surface area contributed by atoms with Gasteiger partial charge >= 0.3 is 0 Å². The summed E-state index contributed by atoms with van der Waals surface area (Å²) < 4.78 is 0. The van der Waals surface area contributed by atoms with Crippen LogP contribution in [-0.2, 0) is 0 Å². The fourth-order valence-corrected chi connectivity index (χ4v) is 3.77. The lowest BCUT2D eigenvalue weighted by Gasteiger charge is -2.31. The van der Waals surface area contributed by atoms with Gasteiger partial charge in [0.15, 0.2) is 0 Å². The minimum atomic E-state index is -0.0462. The van der Waals surface area contributed by atoms with Gasteiger partial charge in [0.1, 0.15) is 0 Å². The van der Waals surface area contributed by atoms with E-state index in [-0.39, 0.29) is 12.5 Å². The van der Waals surface area contributed by atoms with Crippen molar-refractivity contribution >= 4 is 5.91 Å². The highest BCUT2D eigenvalue weighted by Crippen LogP contribution is 2.22. The van der Waals surface area contributed by atoms with E-state index in [1.807, 2.05) is 50.2 Å². The van der Waals surface area contributed by atoms with E-state index in [9.17, 15) is 9.90 Å². The van der Waals surface area contributed by atoms with E-state index in [1.165, 1.54) is 0 Å². The average molecular weight is 367 g/mol. The summed E-state index contributed by atoms with van der Waals surface area (Å²) in [5, 5.41) is 12.4. The van der Waals surface area contributed by atoms with E-state index in [1.54, 1.807) is 0 Å². The molecule has 1 fully saturated rings. The minimum absolute atomic E-state index is 0.0462. The Hall–Kier alpha value is -2.24. The highest BCUT2D eigenvalue weighted by atomic mass is 16.3. The second kappa shape index (κ2) is 9.11. The molecule has 0 bridgehead atoms. The van der Waals surface area contributed by atoms with Gasteiger partial charge in [-0.05, 0) is 74.5 Å². The fourth-order valence-electron chi connectivity index (χ4n) is 3.77. The van der Waals surface area contributed by atoms with Crippen LogP contribution in [0.25, 0.3) is 11.1 Å². The molecule has 0 spiro atoms. The number of hydrogen-bond acceptors (Lipinski definition) is 4. The van der Waals surface area contributed by atoms with Crippen molar-refractivity contribution in [2.75, 3.05) is 32.8 Å². The summed E-state index contributed by atoms with van der Waals surface area (Å²) in [5.74, 6) is 0.327. The van der Waals surface area contributed by atoms with E-state index in [2.05, 4.69) is 15.2 Å². The highest BCUT2D eigenvalue weighted by Gasteiger charge is 2.18. The zero-order valence-corrected chi connectivity index (χ0v) is 16.2. The maximum Gasteiger partial charge on any atom is 0.251 e. The summed E-state index contributed by atoms with van der Waals surface area (Å²) in [4.78, 5) is 19.3. The van der Waals surface area contributed by atoms with Gasteiger partial charge in [-0.2, -0.15) is 0 Å². The number of aliphatic hydroxyl groups is 1. The van der Waals surface area contributed by atoms with Crippen LogP contribution in [0.5, 0.6) is 0 Å². The van der Waals surface area contributed by atoms with Gasteiger partial charge in [0.05, 0.1) is 0 Å². The second-order valence-corrected chi connectivity index (χ2v) is 7.47. The van der Waals surface area contributed by atoms with Crippen LogP contribution in [0, 0.1) is 19.8 Å². The van der Waals surface area contributed by atoms with Crippen LogP contribution < -0.4 is 5.32 Å². The number of rotatable bonds is 6. The molecule has 0 radical (unpaired) electrons. The number of nitrogens with one attached hydrogen (secondary N) is 1. The third-order valence-corrected chi connectivity index (χ3v) is 5.11. The molecule has 1 aromatic heterocycles. The Kier molecular flexibility index (Phi) is 6.58. The number of carbonyl (C=O) groups excluding carboxylic acids is 1. The van der Waals surface area contributed by atoms with E-state index in [4.69, 9.17) is 0 Å². The number of nitrogens with zero attached hydrogens (tertiary/aromatic N) is 2. The van der Waals surface area contributed by atoms with Crippen molar-refractivity contribution in [2.24, 2.45) is 5.92 Å². The van der Waals surface area contributed by atoms with Gasteiger partial charge in [0, 0.05) is 43.2 Å². The van der Waals surface area contributed by atoms with Crippen LogP contribution in [0.4, 0.5) is 0 Å². The Morgan fingerprint density at radius 1 is 1.22 bits per heavy atom. The summed E-state index contributed by atoms with van der Waals surface area (Å²) in [6.07, 6.45) is 2.21. The standard InChI is InChI=1S/C22H29N3O2/c1-16-11-21(12-17(2)24-16)19-6-3-7-20(13-19)22(27)23-8-10-25-9-4-5-18(14-25)15-26/h3,6-7,11-13,18,26H,4-5,8-10,14-15H2,1-2H3,(H,23,27)/t18-/m0/s1. The molecular formula is C22H29N3O2. The first kappa shape index (κ1) is 19.5. The Morgan fingerprint density at radius 2 is 2.00 bits per heavy atom. The van der Waals surface area contributed by atoms with Crippen molar-refractivity contribution < 1.29 is 9.90 Å². The van der Waals surface area contributed by atoms with Gasteiger partial charge in [0.25, 0.3) is 5.91 Å². The van der Waals surface area contributed by atoms with Crippen LogP contribution in [0.2, 0.25) is 0 Å². The van der Waals surface area contributed by atoms with Crippen LogP contribution in [-0.4, -0.2) is 53.7 Å². The molecule has 3 rings (SSSR count). The van der Waals surface area contributed by atoms with Crippen molar-refractivity contribution in [2.45, 2.75) is 26.7 Å². The lowest BCUT2D eigenvalue weighted by Crippen LogP contribution is -2.41. The first-order valence-corrected chi connectivity index (χ1v) is 9.72. The normalized spacial score (nSPS) is 17.7. The largest absolute Gasteiger partial charge is 0.396 e. The van der Waals surface area contributed by atoms with Gasteiger partial charge in [0.2, 0.25) is 0 Å². The van der Waals surface area contributed by atoms with Crippen molar-refractivity contribution in [3.05, 3.63) is 53.3 Å². The van der Waals surface area contributed by atoms with Crippen molar-refractivity contribution in [3.8, 4) is 11.1 Å². The summed E-state index contributed by atoms with van der Waals surface area (Å²) in [7, 11) is 0. The third-order valence-electron chi connectivity index (χ3n) is 5.11. The minimum Gasteiger partial charge on any atom is -0.396 e.